The predicted octanol–water partition coefficient (Wildman–Crippen LogP) is 16.2. The fourth-order valence-corrected chi connectivity index (χ4v) is 9.94. The van der Waals surface area contributed by atoms with E-state index in [-0.39, 0.29) is 0 Å². The van der Waals surface area contributed by atoms with Crippen LogP contribution in [0.5, 0.6) is 11.5 Å². The Morgan fingerprint density at radius 3 is 1.03 bits per heavy atom. The van der Waals surface area contributed by atoms with Crippen molar-refractivity contribution in [3.63, 3.8) is 0 Å². The van der Waals surface area contributed by atoms with E-state index in [4.69, 9.17) is 4.74 Å². The zero-order valence-electron chi connectivity index (χ0n) is 34.0. The first-order chi connectivity index (χ1) is 30.7. The minimum atomic E-state index is -0.580. The molecule has 1 atom stereocenters. The molecule has 0 saturated heterocycles. The Kier molecular flexibility index (Phi) is 8.47. The summed E-state index contributed by atoms with van der Waals surface area (Å²) in [6, 6.07) is 88.3. The van der Waals surface area contributed by atoms with Crippen molar-refractivity contribution in [2.24, 2.45) is 0 Å². The molecule has 0 amide bonds. The molecule has 1 nitrogen and oxygen atoms in total. The Morgan fingerprint density at radius 1 is 0.210 bits per heavy atom. The number of rotatable bonds is 6. The largest absolute Gasteiger partial charge is 0.457 e. The molecule has 10 aromatic carbocycles. The standard InChI is InChI=1S/C61H40O/c1-3-11-41(12-4-1)43-19-23-45(24-20-43)47-27-31-49(32-28-47)51-35-37-54-53-15-7-8-16-55(53)61(57(54)39-51)56-17-9-10-18-59(56)62-60-38-36-52(40-58(60)61)50-33-29-48(30-34-50)46-25-21-44(22-26-46)42-13-5-2-6-14-42/h1-40H. The average Bonchev–Trinajstić information content (AvgIpc) is 3.64. The van der Waals surface area contributed by atoms with Crippen molar-refractivity contribution in [2.75, 3.05) is 0 Å². The first kappa shape index (κ1) is 35.9. The number of hydrogen-bond donors (Lipinski definition) is 0. The van der Waals surface area contributed by atoms with Gasteiger partial charge >= 0.3 is 0 Å². The van der Waals surface area contributed by atoms with Crippen molar-refractivity contribution >= 4 is 0 Å². The third kappa shape index (κ3) is 5.85. The SMILES string of the molecule is c1ccc(-c2ccc(-c3ccc(-c4ccc5c(c4)C4(c6ccccc6O5)c5ccccc5-c5ccc(-c6ccc(-c7ccc(-c8ccccc8)cc7)cc6)cc54)cc3)cc2)cc1. The van der Waals surface area contributed by atoms with Gasteiger partial charge in [0.1, 0.15) is 11.5 Å². The maximum atomic E-state index is 6.81. The molecular formula is C61H40O. The summed E-state index contributed by atoms with van der Waals surface area (Å²) in [5, 5.41) is 0. The fraction of sp³-hybridized carbons (Fsp3) is 0.0164. The first-order valence-corrected chi connectivity index (χ1v) is 21.4. The lowest BCUT2D eigenvalue weighted by Crippen LogP contribution is -2.32. The van der Waals surface area contributed by atoms with Crippen molar-refractivity contribution < 1.29 is 4.74 Å². The Morgan fingerprint density at radius 2 is 0.532 bits per heavy atom. The van der Waals surface area contributed by atoms with E-state index in [9.17, 15) is 0 Å². The topological polar surface area (TPSA) is 9.23 Å². The Labute approximate surface area is 362 Å². The van der Waals surface area contributed by atoms with Gasteiger partial charge in [-0.25, -0.2) is 0 Å². The summed E-state index contributed by atoms with van der Waals surface area (Å²) in [5.41, 5.74) is 21.2. The van der Waals surface area contributed by atoms with Crippen LogP contribution in [0.1, 0.15) is 22.3 Å². The molecule has 0 radical (unpaired) electrons. The number of fused-ring (bicyclic) bond motifs is 9. The molecule has 1 spiro atoms. The van der Waals surface area contributed by atoms with Gasteiger partial charge in [-0.2, -0.15) is 0 Å². The molecule has 12 rings (SSSR count). The van der Waals surface area contributed by atoms with Crippen LogP contribution in [-0.2, 0) is 5.41 Å². The van der Waals surface area contributed by atoms with Crippen LogP contribution >= 0.6 is 0 Å². The molecule has 0 aromatic heterocycles. The summed E-state index contributed by atoms with van der Waals surface area (Å²) in [6.45, 7) is 0. The normalized spacial score (nSPS) is 14.3. The van der Waals surface area contributed by atoms with E-state index < -0.39 is 5.41 Å². The van der Waals surface area contributed by atoms with E-state index in [1.165, 1.54) is 83.5 Å². The molecule has 1 unspecified atom stereocenters. The highest BCUT2D eigenvalue weighted by Gasteiger charge is 2.51. The van der Waals surface area contributed by atoms with Gasteiger partial charge in [0.25, 0.3) is 0 Å². The summed E-state index contributed by atoms with van der Waals surface area (Å²) in [7, 11) is 0. The maximum absolute atomic E-state index is 6.81. The van der Waals surface area contributed by atoms with Gasteiger partial charge in [-0.05, 0) is 113 Å². The quantitative estimate of drug-likeness (QED) is 0.163. The Balaban J connectivity index is 0.935. The van der Waals surface area contributed by atoms with E-state index >= 15 is 0 Å². The van der Waals surface area contributed by atoms with Crippen LogP contribution in [0.25, 0.3) is 77.9 Å². The number of benzene rings is 10. The number of para-hydroxylation sites is 1. The minimum absolute atomic E-state index is 0.580. The highest BCUT2D eigenvalue weighted by molar-refractivity contribution is 5.91. The van der Waals surface area contributed by atoms with Crippen LogP contribution in [0.15, 0.2) is 243 Å². The Hall–Kier alpha value is -8.00. The summed E-state index contributed by atoms with van der Waals surface area (Å²) >= 11 is 0. The van der Waals surface area contributed by atoms with E-state index in [2.05, 4.69) is 243 Å². The molecule has 1 heterocycles. The van der Waals surface area contributed by atoms with Crippen molar-refractivity contribution in [3.8, 4) is 89.4 Å². The van der Waals surface area contributed by atoms with Gasteiger partial charge in [-0.3, -0.25) is 0 Å². The highest BCUT2D eigenvalue weighted by Crippen LogP contribution is 2.62. The smallest absolute Gasteiger partial charge is 0.132 e. The fourth-order valence-electron chi connectivity index (χ4n) is 9.94. The lowest BCUT2D eigenvalue weighted by molar-refractivity contribution is 0.436. The third-order valence-corrected chi connectivity index (χ3v) is 13.0. The van der Waals surface area contributed by atoms with Gasteiger partial charge in [-0.15, -0.1) is 0 Å². The van der Waals surface area contributed by atoms with Gasteiger partial charge in [-0.1, -0.05) is 218 Å². The lowest BCUT2D eigenvalue weighted by atomic mass is 9.65. The van der Waals surface area contributed by atoms with Crippen molar-refractivity contribution in [1.82, 2.24) is 0 Å². The second kappa shape index (κ2) is 14.6. The molecule has 1 aliphatic heterocycles. The number of ether oxygens (including phenoxy) is 1. The van der Waals surface area contributed by atoms with Crippen LogP contribution in [0, 0.1) is 0 Å². The molecule has 290 valence electrons. The van der Waals surface area contributed by atoms with E-state index in [1.54, 1.807) is 0 Å². The molecule has 0 fully saturated rings. The van der Waals surface area contributed by atoms with Gasteiger partial charge in [0.05, 0.1) is 5.41 Å². The molecule has 0 N–H and O–H groups in total. The van der Waals surface area contributed by atoms with Crippen molar-refractivity contribution in [2.45, 2.75) is 5.41 Å². The summed E-state index contributed by atoms with van der Waals surface area (Å²) in [5.74, 6) is 1.78. The summed E-state index contributed by atoms with van der Waals surface area (Å²) in [6.07, 6.45) is 0. The minimum Gasteiger partial charge on any atom is -0.457 e. The average molecular weight is 789 g/mol. The van der Waals surface area contributed by atoms with Crippen molar-refractivity contribution in [3.05, 3.63) is 265 Å². The molecule has 0 bridgehead atoms. The van der Waals surface area contributed by atoms with Gasteiger partial charge in [0.15, 0.2) is 0 Å². The molecule has 62 heavy (non-hydrogen) atoms. The molecule has 1 aliphatic carbocycles. The number of hydrogen-bond acceptors (Lipinski definition) is 1. The molecule has 1 heteroatoms. The highest BCUT2D eigenvalue weighted by atomic mass is 16.5. The van der Waals surface area contributed by atoms with Crippen LogP contribution < -0.4 is 4.74 Å². The maximum Gasteiger partial charge on any atom is 0.132 e. The molecule has 10 aromatic rings. The van der Waals surface area contributed by atoms with Crippen molar-refractivity contribution in [1.29, 1.82) is 0 Å². The summed E-state index contributed by atoms with van der Waals surface area (Å²) in [4.78, 5) is 0. The predicted molar refractivity (Wildman–Crippen MR) is 256 cm³/mol. The summed E-state index contributed by atoms with van der Waals surface area (Å²) < 4.78 is 6.81. The Bertz CT molecular complexity index is 3260. The van der Waals surface area contributed by atoms with E-state index in [1.807, 2.05) is 0 Å². The van der Waals surface area contributed by atoms with Gasteiger partial charge < -0.3 is 4.74 Å². The second-order valence-corrected chi connectivity index (χ2v) is 16.4. The van der Waals surface area contributed by atoms with E-state index in [0.717, 1.165) is 28.2 Å². The van der Waals surface area contributed by atoms with E-state index in [0.29, 0.717) is 0 Å². The first-order valence-electron chi connectivity index (χ1n) is 21.4. The lowest BCUT2D eigenvalue weighted by Gasteiger charge is -2.39. The zero-order valence-corrected chi connectivity index (χ0v) is 34.0. The molecule has 2 aliphatic rings. The van der Waals surface area contributed by atoms with Gasteiger partial charge in [0, 0.05) is 11.1 Å². The van der Waals surface area contributed by atoms with Crippen LogP contribution in [-0.4, -0.2) is 0 Å². The molecule has 0 saturated carbocycles. The second-order valence-electron chi connectivity index (χ2n) is 16.4. The monoisotopic (exact) mass is 788 g/mol. The van der Waals surface area contributed by atoms with Crippen LogP contribution in [0.4, 0.5) is 0 Å². The van der Waals surface area contributed by atoms with Crippen LogP contribution in [0.2, 0.25) is 0 Å². The zero-order chi connectivity index (χ0) is 41.0. The van der Waals surface area contributed by atoms with Gasteiger partial charge in [0.2, 0.25) is 0 Å². The third-order valence-electron chi connectivity index (χ3n) is 13.0. The van der Waals surface area contributed by atoms with Crippen LogP contribution in [0.3, 0.4) is 0 Å². The molecular weight excluding hydrogens is 749 g/mol.